The molecule has 26 heavy (non-hydrogen) atoms. The molecular weight excluding hydrogens is 336 g/mol. The number of carbonyl (C=O) groups is 1. The lowest BCUT2D eigenvalue weighted by Crippen LogP contribution is -2.14. The third-order valence-electron chi connectivity index (χ3n) is 3.73. The predicted octanol–water partition coefficient (Wildman–Crippen LogP) is 3.35. The summed E-state index contributed by atoms with van der Waals surface area (Å²) in [5, 5.41) is 0.435. The average Bonchev–Trinajstić information content (AvgIpc) is 2.66. The first-order chi connectivity index (χ1) is 12.6. The molecule has 3 rings (SSSR count). The minimum absolute atomic E-state index is 0.0283. The zero-order chi connectivity index (χ0) is 18.5. The van der Waals surface area contributed by atoms with Crippen LogP contribution in [-0.2, 0) is 4.74 Å². The standard InChI is InChI=1S/C20H18O6/c1-13-3-8-18-16(11-13)17(21)12-19(26-18)20(22)25-10-9-24-15-6-4-14(23-2)5-7-15/h3-8,11-12H,9-10H2,1-2H3. The van der Waals surface area contributed by atoms with Crippen LogP contribution in [0.3, 0.4) is 0 Å². The molecule has 1 aromatic heterocycles. The molecule has 0 saturated heterocycles. The van der Waals surface area contributed by atoms with E-state index >= 15 is 0 Å². The van der Waals surface area contributed by atoms with Crippen LogP contribution in [0.4, 0.5) is 0 Å². The van der Waals surface area contributed by atoms with Crippen LogP contribution in [0.1, 0.15) is 16.1 Å². The molecule has 1 heterocycles. The summed E-state index contributed by atoms with van der Waals surface area (Å²) < 4.78 is 21.1. The fourth-order valence-corrected chi connectivity index (χ4v) is 2.41. The van der Waals surface area contributed by atoms with Crippen molar-refractivity contribution in [2.24, 2.45) is 0 Å². The molecule has 0 spiro atoms. The molecule has 6 heteroatoms. The molecule has 0 aliphatic carbocycles. The zero-order valence-corrected chi connectivity index (χ0v) is 14.5. The summed E-state index contributed by atoms with van der Waals surface area (Å²) in [5.41, 5.74) is 1.01. The maximum Gasteiger partial charge on any atom is 0.374 e. The number of fused-ring (bicyclic) bond motifs is 1. The fourth-order valence-electron chi connectivity index (χ4n) is 2.41. The predicted molar refractivity (Wildman–Crippen MR) is 96.0 cm³/mol. The minimum Gasteiger partial charge on any atom is -0.497 e. The summed E-state index contributed by atoms with van der Waals surface area (Å²) in [6.07, 6.45) is 0. The van der Waals surface area contributed by atoms with Gasteiger partial charge in [-0.25, -0.2) is 4.79 Å². The number of rotatable bonds is 6. The topological polar surface area (TPSA) is 75.0 Å². The summed E-state index contributed by atoms with van der Waals surface area (Å²) in [4.78, 5) is 24.2. The Labute approximate surface area is 149 Å². The van der Waals surface area contributed by atoms with Crippen LogP contribution in [-0.4, -0.2) is 26.3 Å². The highest BCUT2D eigenvalue weighted by Gasteiger charge is 2.14. The molecule has 0 bridgehead atoms. The first-order valence-corrected chi connectivity index (χ1v) is 8.05. The first kappa shape index (κ1) is 17.5. The molecule has 0 unspecified atom stereocenters. The maximum atomic E-state index is 12.1. The molecule has 0 aliphatic heterocycles. The summed E-state index contributed by atoms with van der Waals surface area (Å²) in [6, 6.07) is 13.4. The number of hydrogen-bond donors (Lipinski definition) is 0. The molecule has 0 radical (unpaired) electrons. The van der Waals surface area contributed by atoms with Crippen LogP contribution < -0.4 is 14.9 Å². The van der Waals surface area contributed by atoms with Gasteiger partial charge in [-0.3, -0.25) is 4.79 Å². The Morgan fingerprint density at radius 1 is 1.00 bits per heavy atom. The highest BCUT2D eigenvalue weighted by Crippen LogP contribution is 2.17. The van der Waals surface area contributed by atoms with Crippen LogP contribution in [0.2, 0.25) is 0 Å². The Balaban J connectivity index is 1.58. The highest BCUT2D eigenvalue weighted by molar-refractivity contribution is 5.89. The highest BCUT2D eigenvalue weighted by atomic mass is 16.6. The Morgan fingerprint density at radius 2 is 1.73 bits per heavy atom. The van der Waals surface area contributed by atoms with Crippen LogP contribution in [0.5, 0.6) is 11.5 Å². The van der Waals surface area contributed by atoms with Crippen molar-refractivity contribution in [2.45, 2.75) is 6.92 Å². The SMILES string of the molecule is COc1ccc(OCCOC(=O)c2cc(=O)c3cc(C)ccc3o2)cc1. The number of aryl methyl sites for hydroxylation is 1. The van der Waals surface area contributed by atoms with Crippen molar-refractivity contribution < 1.29 is 23.4 Å². The van der Waals surface area contributed by atoms with E-state index < -0.39 is 5.97 Å². The molecule has 2 aromatic carbocycles. The average molecular weight is 354 g/mol. The van der Waals surface area contributed by atoms with E-state index in [2.05, 4.69) is 0 Å². The number of esters is 1. The largest absolute Gasteiger partial charge is 0.497 e. The lowest BCUT2D eigenvalue weighted by atomic mass is 10.1. The lowest BCUT2D eigenvalue weighted by Gasteiger charge is -2.08. The van der Waals surface area contributed by atoms with Gasteiger partial charge in [-0.1, -0.05) is 11.6 Å². The fraction of sp³-hybridized carbons (Fsp3) is 0.200. The monoisotopic (exact) mass is 354 g/mol. The Morgan fingerprint density at radius 3 is 2.46 bits per heavy atom. The summed E-state index contributed by atoms with van der Waals surface area (Å²) in [6.45, 7) is 2.08. The zero-order valence-electron chi connectivity index (χ0n) is 14.5. The second-order valence-electron chi connectivity index (χ2n) is 5.63. The Kier molecular flexibility index (Phi) is 5.22. The smallest absolute Gasteiger partial charge is 0.374 e. The maximum absolute atomic E-state index is 12.1. The number of methoxy groups -OCH3 is 1. The molecule has 3 aromatic rings. The van der Waals surface area contributed by atoms with Crippen molar-refractivity contribution in [3.8, 4) is 11.5 Å². The van der Waals surface area contributed by atoms with Gasteiger partial charge >= 0.3 is 5.97 Å². The van der Waals surface area contributed by atoms with Crippen molar-refractivity contribution in [2.75, 3.05) is 20.3 Å². The van der Waals surface area contributed by atoms with E-state index in [1.54, 1.807) is 43.5 Å². The van der Waals surface area contributed by atoms with E-state index in [1.807, 2.05) is 13.0 Å². The van der Waals surface area contributed by atoms with E-state index in [0.717, 1.165) is 17.4 Å². The van der Waals surface area contributed by atoms with Gasteiger partial charge in [0.15, 0.2) is 5.43 Å². The van der Waals surface area contributed by atoms with Crippen LogP contribution in [0.25, 0.3) is 11.0 Å². The number of benzene rings is 2. The van der Waals surface area contributed by atoms with Crippen LogP contribution in [0, 0.1) is 6.92 Å². The van der Waals surface area contributed by atoms with Crippen molar-refractivity contribution in [3.63, 3.8) is 0 Å². The van der Waals surface area contributed by atoms with E-state index in [9.17, 15) is 9.59 Å². The second-order valence-corrected chi connectivity index (χ2v) is 5.63. The number of ether oxygens (including phenoxy) is 3. The summed E-state index contributed by atoms with van der Waals surface area (Å²) in [7, 11) is 1.58. The van der Waals surface area contributed by atoms with Crippen molar-refractivity contribution in [1.82, 2.24) is 0 Å². The molecule has 0 aliphatic rings. The Hall–Kier alpha value is -3.28. The van der Waals surface area contributed by atoms with Crippen molar-refractivity contribution >= 4 is 16.9 Å². The van der Waals surface area contributed by atoms with E-state index in [1.165, 1.54) is 0 Å². The summed E-state index contributed by atoms with van der Waals surface area (Å²) >= 11 is 0. The number of carbonyl (C=O) groups excluding carboxylic acids is 1. The first-order valence-electron chi connectivity index (χ1n) is 8.05. The van der Waals surface area contributed by atoms with E-state index in [-0.39, 0.29) is 24.4 Å². The van der Waals surface area contributed by atoms with E-state index in [0.29, 0.717) is 16.7 Å². The molecule has 0 N–H and O–H groups in total. The Bertz CT molecular complexity index is 972. The van der Waals surface area contributed by atoms with Gasteiger partial charge in [0.25, 0.3) is 0 Å². The molecule has 134 valence electrons. The van der Waals surface area contributed by atoms with Crippen molar-refractivity contribution in [1.29, 1.82) is 0 Å². The van der Waals surface area contributed by atoms with Gasteiger partial charge in [0, 0.05) is 6.07 Å². The second kappa shape index (κ2) is 7.74. The molecular formula is C20H18O6. The molecule has 6 nitrogen and oxygen atoms in total. The van der Waals surface area contributed by atoms with Crippen LogP contribution >= 0.6 is 0 Å². The van der Waals surface area contributed by atoms with Gasteiger partial charge in [-0.15, -0.1) is 0 Å². The lowest BCUT2D eigenvalue weighted by molar-refractivity contribution is 0.0415. The van der Waals surface area contributed by atoms with Gasteiger partial charge in [0.1, 0.15) is 30.3 Å². The van der Waals surface area contributed by atoms with Gasteiger partial charge in [0.2, 0.25) is 5.76 Å². The van der Waals surface area contributed by atoms with Crippen molar-refractivity contribution in [3.05, 3.63) is 70.1 Å². The van der Waals surface area contributed by atoms with E-state index in [4.69, 9.17) is 18.6 Å². The normalized spacial score (nSPS) is 10.5. The summed E-state index contributed by atoms with van der Waals surface area (Å²) in [5.74, 6) is 0.526. The van der Waals surface area contributed by atoms with Gasteiger partial charge in [0.05, 0.1) is 12.5 Å². The third kappa shape index (κ3) is 4.03. The third-order valence-corrected chi connectivity index (χ3v) is 3.73. The quantitative estimate of drug-likeness (QED) is 0.499. The molecule has 0 saturated carbocycles. The van der Waals surface area contributed by atoms with Crippen LogP contribution in [0.15, 0.2) is 57.7 Å². The van der Waals surface area contributed by atoms with Gasteiger partial charge in [-0.2, -0.15) is 0 Å². The molecule has 0 fully saturated rings. The molecule has 0 amide bonds. The van der Waals surface area contributed by atoms with Gasteiger partial charge in [-0.05, 0) is 43.3 Å². The minimum atomic E-state index is -0.706. The molecule has 0 atom stereocenters. The number of hydrogen-bond acceptors (Lipinski definition) is 6. The van der Waals surface area contributed by atoms with Gasteiger partial charge < -0.3 is 18.6 Å².